The van der Waals surface area contributed by atoms with E-state index in [0.717, 1.165) is 28.0 Å². The highest BCUT2D eigenvalue weighted by molar-refractivity contribution is 8.00. The largest absolute Gasteiger partial charge is 0.469 e. The smallest absolute Gasteiger partial charge is 0.338 e. The number of carbonyl (C=O) groups is 4. The van der Waals surface area contributed by atoms with Crippen LogP contribution in [0.25, 0.3) is 0 Å². The van der Waals surface area contributed by atoms with Crippen LogP contribution in [0.15, 0.2) is 56.9 Å². The summed E-state index contributed by atoms with van der Waals surface area (Å²) in [4.78, 5) is 65.7. The number of thioether (sulfide) groups is 1. The van der Waals surface area contributed by atoms with Gasteiger partial charge >= 0.3 is 16.8 Å². The molecule has 10 nitrogen and oxygen atoms in total. The standard InChI is InChI=1S/C25H22N2O8S2/c1-3-33-16(28)12-26-23-20(37-25(26)32)17(15-6-5-11-35-15)18-19(36-23)22(30)27(21(18)29)14-9-7-13(8-10-14)24(31)34-4-2/h5-11,17-19H,3-4,12H2,1-2H3. The summed E-state index contributed by atoms with van der Waals surface area (Å²) in [6.07, 6.45) is 1.47. The molecule has 2 aliphatic rings. The van der Waals surface area contributed by atoms with Gasteiger partial charge in [0, 0.05) is 0 Å². The van der Waals surface area contributed by atoms with Gasteiger partial charge in [-0.15, -0.1) is 0 Å². The number of rotatable bonds is 7. The summed E-state index contributed by atoms with van der Waals surface area (Å²) in [6, 6.07) is 9.44. The second kappa shape index (κ2) is 10.0. The van der Waals surface area contributed by atoms with Crippen molar-refractivity contribution in [2.75, 3.05) is 18.1 Å². The van der Waals surface area contributed by atoms with E-state index in [1.165, 1.54) is 35.1 Å². The molecule has 0 aliphatic carbocycles. The van der Waals surface area contributed by atoms with Crippen LogP contribution in [0.1, 0.15) is 40.8 Å². The average molecular weight is 543 g/mol. The van der Waals surface area contributed by atoms with Gasteiger partial charge in [-0.25, -0.2) is 9.69 Å². The number of esters is 2. The van der Waals surface area contributed by atoms with Crippen LogP contribution in [0.2, 0.25) is 0 Å². The molecular formula is C25H22N2O8S2. The van der Waals surface area contributed by atoms with Gasteiger partial charge < -0.3 is 13.9 Å². The third-order valence-electron chi connectivity index (χ3n) is 6.13. The molecule has 2 aliphatic heterocycles. The molecule has 0 spiro atoms. The molecule has 3 aromatic rings. The zero-order valence-corrected chi connectivity index (χ0v) is 21.5. The first kappa shape index (κ1) is 25.0. The van der Waals surface area contributed by atoms with Crippen LogP contribution >= 0.6 is 23.1 Å². The van der Waals surface area contributed by atoms with Gasteiger partial charge in [0.1, 0.15) is 17.6 Å². The quantitative estimate of drug-likeness (QED) is 0.327. The minimum absolute atomic E-state index is 0.170. The lowest BCUT2D eigenvalue weighted by atomic mass is 9.87. The summed E-state index contributed by atoms with van der Waals surface area (Å²) in [5, 5.41) is -0.395. The summed E-state index contributed by atoms with van der Waals surface area (Å²) >= 11 is 2.03. The number of furan rings is 1. The first-order chi connectivity index (χ1) is 17.8. The van der Waals surface area contributed by atoms with Gasteiger partial charge in [0.15, 0.2) is 0 Å². The maximum Gasteiger partial charge on any atom is 0.338 e. The molecule has 192 valence electrons. The lowest BCUT2D eigenvalue weighted by Crippen LogP contribution is -2.32. The predicted octanol–water partition coefficient (Wildman–Crippen LogP) is 3.04. The first-order valence-electron chi connectivity index (χ1n) is 11.6. The van der Waals surface area contributed by atoms with E-state index in [0.29, 0.717) is 26.9 Å². The van der Waals surface area contributed by atoms with Crippen LogP contribution < -0.4 is 9.77 Å². The van der Waals surface area contributed by atoms with Gasteiger partial charge in [-0.1, -0.05) is 23.1 Å². The zero-order chi connectivity index (χ0) is 26.3. The van der Waals surface area contributed by atoms with Crippen molar-refractivity contribution >= 4 is 52.5 Å². The molecule has 2 amide bonds. The Kier molecular flexibility index (Phi) is 6.78. The molecule has 5 rings (SSSR count). The number of imide groups is 1. The van der Waals surface area contributed by atoms with Crippen molar-refractivity contribution in [2.45, 2.75) is 36.6 Å². The number of benzene rings is 1. The van der Waals surface area contributed by atoms with Crippen LogP contribution in [-0.4, -0.2) is 46.8 Å². The molecule has 4 heterocycles. The van der Waals surface area contributed by atoms with Gasteiger partial charge in [0.05, 0.1) is 52.5 Å². The molecule has 1 aromatic carbocycles. The van der Waals surface area contributed by atoms with Crippen LogP contribution in [0.5, 0.6) is 0 Å². The topological polar surface area (TPSA) is 125 Å². The van der Waals surface area contributed by atoms with Crippen LogP contribution in [-0.2, 0) is 30.4 Å². The third-order valence-corrected chi connectivity index (χ3v) is 8.73. The molecule has 12 heteroatoms. The molecule has 0 saturated carbocycles. The highest BCUT2D eigenvalue weighted by Gasteiger charge is 2.57. The molecular weight excluding hydrogens is 520 g/mol. The minimum Gasteiger partial charge on any atom is -0.469 e. The number of hydrogen-bond acceptors (Lipinski definition) is 10. The van der Waals surface area contributed by atoms with Crippen molar-refractivity contribution in [1.82, 2.24) is 4.57 Å². The summed E-state index contributed by atoms with van der Waals surface area (Å²) in [5.41, 5.74) is 0.624. The average Bonchev–Trinajstić information content (AvgIpc) is 3.57. The van der Waals surface area contributed by atoms with Gasteiger partial charge in [-0.3, -0.25) is 23.7 Å². The van der Waals surface area contributed by atoms with E-state index >= 15 is 0 Å². The molecule has 0 bridgehead atoms. The Hall–Kier alpha value is -3.64. The summed E-state index contributed by atoms with van der Waals surface area (Å²) in [7, 11) is 0. The van der Waals surface area contributed by atoms with E-state index in [2.05, 4.69) is 0 Å². The Bertz CT molecular complexity index is 1420. The predicted molar refractivity (Wildman–Crippen MR) is 134 cm³/mol. The number of ether oxygens (including phenoxy) is 2. The lowest BCUT2D eigenvalue weighted by Gasteiger charge is -2.28. The van der Waals surface area contributed by atoms with E-state index in [4.69, 9.17) is 13.9 Å². The van der Waals surface area contributed by atoms with Crippen molar-refractivity contribution in [2.24, 2.45) is 5.92 Å². The maximum atomic E-state index is 13.7. The number of anilines is 1. The van der Waals surface area contributed by atoms with Crippen molar-refractivity contribution in [1.29, 1.82) is 0 Å². The summed E-state index contributed by atoms with van der Waals surface area (Å²) in [5.74, 6) is -3.02. The highest BCUT2D eigenvalue weighted by Crippen LogP contribution is 2.53. The van der Waals surface area contributed by atoms with E-state index in [-0.39, 0.29) is 24.6 Å². The molecule has 3 unspecified atom stereocenters. The second-order valence-corrected chi connectivity index (χ2v) is 10.4. The summed E-state index contributed by atoms with van der Waals surface area (Å²) < 4.78 is 17.0. The fraction of sp³-hybridized carbons (Fsp3) is 0.320. The number of aromatic nitrogens is 1. The van der Waals surface area contributed by atoms with E-state index in [1.807, 2.05) is 0 Å². The monoisotopic (exact) mass is 542 g/mol. The number of amides is 2. The molecule has 2 aromatic heterocycles. The maximum absolute atomic E-state index is 13.7. The highest BCUT2D eigenvalue weighted by atomic mass is 32.2. The Labute approximate surface area is 219 Å². The normalized spacial score (nSPS) is 20.5. The van der Waals surface area contributed by atoms with Gasteiger partial charge in [0.25, 0.3) is 0 Å². The number of nitrogens with zero attached hydrogens (tertiary/aromatic N) is 2. The fourth-order valence-electron chi connectivity index (χ4n) is 4.58. The lowest BCUT2D eigenvalue weighted by molar-refractivity contribution is -0.144. The van der Waals surface area contributed by atoms with Crippen LogP contribution in [0.3, 0.4) is 0 Å². The molecule has 1 fully saturated rings. The van der Waals surface area contributed by atoms with E-state index in [9.17, 15) is 24.0 Å². The van der Waals surface area contributed by atoms with Crippen molar-refractivity contribution in [3.8, 4) is 0 Å². The Morgan fingerprint density at radius 2 is 1.73 bits per heavy atom. The molecule has 37 heavy (non-hydrogen) atoms. The van der Waals surface area contributed by atoms with E-state index in [1.54, 1.807) is 26.0 Å². The van der Waals surface area contributed by atoms with E-state index < -0.39 is 40.8 Å². The number of carbonyl (C=O) groups excluding carboxylic acids is 4. The van der Waals surface area contributed by atoms with Crippen molar-refractivity contribution in [3.63, 3.8) is 0 Å². The Morgan fingerprint density at radius 1 is 1.00 bits per heavy atom. The summed E-state index contributed by atoms with van der Waals surface area (Å²) in [6.45, 7) is 3.48. The molecule has 3 atom stereocenters. The van der Waals surface area contributed by atoms with Gasteiger partial charge in [-0.2, -0.15) is 0 Å². The van der Waals surface area contributed by atoms with Crippen molar-refractivity contribution < 1.29 is 33.1 Å². The SMILES string of the molecule is CCOC(=O)Cn1c2c(sc1=O)C(c1ccco1)C1C(=O)N(c3ccc(C(=O)OCC)cc3)C(=O)C1S2. The van der Waals surface area contributed by atoms with Crippen LogP contribution in [0.4, 0.5) is 5.69 Å². The molecule has 0 radical (unpaired) electrons. The van der Waals surface area contributed by atoms with Crippen LogP contribution in [0, 0.1) is 5.92 Å². The minimum atomic E-state index is -0.845. The number of hydrogen-bond donors (Lipinski definition) is 0. The third kappa shape index (κ3) is 4.29. The first-order valence-corrected chi connectivity index (χ1v) is 13.3. The Balaban J connectivity index is 1.54. The van der Waals surface area contributed by atoms with Gasteiger partial charge in [-0.05, 0) is 50.2 Å². The molecule has 1 saturated heterocycles. The second-order valence-electron chi connectivity index (χ2n) is 8.27. The number of fused-ring (bicyclic) bond motifs is 2. The molecule has 0 N–H and O–H groups in total. The zero-order valence-electron chi connectivity index (χ0n) is 19.9. The van der Waals surface area contributed by atoms with Crippen molar-refractivity contribution in [3.05, 3.63) is 68.5 Å². The van der Waals surface area contributed by atoms with Gasteiger partial charge in [0.2, 0.25) is 11.8 Å². The fourth-order valence-corrected chi connectivity index (χ4v) is 7.33. The number of thiazole rings is 1. The Morgan fingerprint density at radius 3 is 2.38 bits per heavy atom.